The maximum Gasteiger partial charge on any atom is 0.295 e. The summed E-state index contributed by atoms with van der Waals surface area (Å²) < 4.78 is 0.830. The SMILES string of the molecule is Cl.NCc1ccc(C(=O)N=NC2C(=O)Nc3ccc(Br)cc32)cc1. The van der Waals surface area contributed by atoms with Crippen molar-refractivity contribution in [3.05, 3.63) is 63.6 Å². The molecular formula is C16H14BrClN4O2. The summed E-state index contributed by atoms with van der Waals surface area (Å²) >= 11 is 3.35. The Hall–Kier alpha value is -2.09. The molecule has 2 aromatic rings. The lowest BCUT2D eigenvalue weighted by molar-refractivity contribution is -0.116. The van der Waals surface area contributed by atoms with E-state index in [1.54, 1.807) is 36.4 Å². The molecule has 0 saturated carbocycles. The van der Waals surface area contributed by atoms with Crippen LogP contribution < -0.4 is 11.1 Å². The number of halogens is 2. The molecule has 124 valence electrons. The number of fused-ring (bicyclic) bond motifs is 1. The molecule has 3 rings (SSSR count). The highest BCUT2D eigenvalue weighted by Gasteiger charge is 2.31. The van der Waals surface area contributed by atoms with Crippen molar-refractivity contribution in [2.24, 2.45) is 16.0 Å². The van der Waals surface area contributed by atoms with Crippen LogP contribution in [0.25, 0.3) is 0 Å². The van der Waals surface area contributed by atoms with E-state index in [0.717, 1.165) is 10.0 Å². The van der Waals surface area contributed by atoms with Gasteiger partial charge in [-0.2, -0.15) is 5.11 Å². The van der Waals surface area contributed by atoms with Gasteiger partial charge in [-0.1, -0.05) is 28.1 Å². The number of nitrogens with one attached hydrogen (secondary N) is 1. The van der Waals surface area contributed by atoms with Crippen molar-refractivity contribution < 1.29 is 9.59 Å². The topological polar surface area (TPSA) is 96.9 Å². The lowest BCUT2D eigenvalue weighted by Gasteiger charge is -2.02. The number of nitrogens with zero attached hydrogens (tertiary/aromatic N) is 2. The second-order valence-corrected chi connectivity index (χ2v) is 5.96. The van der Waals surface area contributed by atoms with Gasteiger partial charge >= 0.3 is 0 Å². The van der Waals surface area contributed by atoms with E-state index in [2.05, 4.69) is 31.5 Å². The summed E-state index contributed by atoms with van der Waals surface area (Å²) in [6.07, 6.45) is 0. The molecule has 2 aromatic carbocycles. The molecule has 8 heteroatoms. The predicted molar refractivity (Wildman–Crippen MR) is 96.3 cm³/mol. The number of rotatable bonds is 3. The Morgan fingerprint density at radius 1 is 1.21 bits per heavy atom. The van der Waals surface area contributed by atoms with Gasteiger partial charge in [0.15, 0.2) is 6.04 Å². The van der Waals surface area contributed by atoms with Crippen molar-refractivity contribution in [3.63, 3.8) is 0 Å². The zero-order valence-corrected chi connectivity index (χ0v) is 14.8. The quantitative estimate of drug-likeness (QED) is 0.758. The summed E-state index contributed by atoms with van der Waals surface area (Å²) in [6.45, 7) is 0.407. The summed E-state index contributed by atoms with van der Waals surface area (Å²) in [6, 6.07) is 11.4. The van der Waals surface area contributed by atoms with Gasteiger partial charge in [-0.15, -0.1) is 17.5 Å². The third-order valence-corrected chi connectivity index (χ3v) is 4.01. The normalized spacial score (nSPS) is 15.8. The van der Waals surface area contributed by atoms with E-state index in [1.807, 2.05) is 6.07 Å². The van der Waals surface area contributed by atoms with Crippen LogP contribution in [0.4, 0.5) is 5.69 Å². The van der Waals surface area contributed by atoms with Gasteiger partial charge in [0, 0.05) is 27.8 Å². The number of hydrogen-bond donors (Lipinski definition) is 2. The van der Waals surface area contributed by atoms with Gasteiger partial charge in [0.2, 0.25) is 0 Å². The standard InChI is InChI=1S/C16H13BrN4O2.ClH/c17-11-5-6-13-12(7-11)14(16(23)19-13)20-21-15(22)10-3-1-9(8-18)2-4-10;/h1-7,14H,8,18H2,(H,19,23);1H. The van der Waals surface area contributed by atoms with Crippen LogP contribution in [0.3, 0.4) is 0 Å². The van der Waals surface area contributed by atoms with E-state index in [9.17, 15) is 9.59 Å². The Morgan fingerprint density at radius 2 is 1.92 bits per heavy atom. The molecule has 0 fully saturated rings. The Kier molecular flexibility index (Phi) is 5.82. The average molecular weight is 410 g/mol. The number of carbonyl (C=O) groups is 2. The van der Waals surface area contributed by atoms with Crippen LogP contribution in [-0.2, 0) is 11.3 Å². The van der Waals surface area contributed by atoms with Crippen molar-refractivity contribution in [2.45, 2.75) is 12.6 Å². The number of nitrogens with two attached hydrogens (primary N) is 1. The number of carbonyl (C=O) groups excluding carboxylic acids is 2. The molecule has 0 radical (unpaired) electrons. The maximum atomic E-state index is 12.1. The highest BCUT2D eigenvalue weighted by Crippen LogP contribution is 2.35. The van der Waals surface area contributed by atoms with Gasteiger partial charge in [0.25, 0.3) is 11.8 Å². The summed E-state index contributed by atoms with van der Waals surface area (Å²) in [4.78, 5) is 24.0. The largest absolute Gasteiger partial charge is 0.326 e. The van der Waals surface area contributed by atoms with Crippen molar-refractivity contribution in [2.75, 3.05) is 5.32 Å². The highest BCUT2D eigenvalue weighted by molar-refractivity contribution is 9.10. The summed E-state index contributed by atoms with van der Waals surface area (Å²) in [5.41, 5.74) is 8.22. The molecule has 24 heavy (non-hydrogen) atoms. The third kappa shape index (κ3) is 3.69. The smallest absolute Gasteiger partial charge is 0.295 e. The molecule has 1 atom stereocenters. The molecule has 6 nitrogen and oxygen atoms in total. The maximum absolute atomic E-state index is 12.1. The lowest BCUT2D eigenvalue weighted by atomic mass is 10.1. The minimum Gasteiger partial charge on any atom is -0.326 e. The van der Waals surface area contributed by atoms with Gasteiger partial charge in [-0.25, -0.2) is 0 Å². The van der Waals surface area contributed by atoms with E-state index in [1.165, 1.54) is 0 Å². The molecule has 1 unspecified atom stereocenters. The first-order valence-corrected chi connectivity index (χ1v) is 7.72. The van der Waals surface area contributed by atoms with Gasteiger partial charge in [0.1, 0.15) is 0 Å². The van der Waals surface area contributed by atoms with Gasteiger partial charge in [0.05, 0.1) is 0 Å². The molecular weight excluding hydrogens is 396 g/mol. The average Bonchev–Trinajstić information content (AvgIpc) is 2.87. The van der Waals surface area contributed by atoms with Crippen LogP contribution in [0.5, 0.6) is 0 Å². The Morgan fingerprint density at radius 3 is 2.58 bits per heavy atom. The third-order valence-electron chi connectivity index (χ3n) is 3.52. The Labute approximate surface area is 153 Å². The number of hydrogen-bond acceptors (Lipinski definition) is 4. The van der Waals surface area contributed by atoms with Crippen molar-refractivity contribution in [1.29, 1.82) is 0 Å². The van der Waals surface area contributed by atoms with Crippen molar-refractivity contribution in [3.8, 4) is 0 Å². The molecule has 0 spiro atoms. The number of benzene rings is 2. The van der Waals surface area contributed by atoms with Gasteiger partial charge < -0.3 is 11.1 Å². The number of amides is 2. The van der Waals surface area contributed by atoms with Crippen molar-refractivity contribution in [1.82, 2.24) is 0 Å². The summed E-state index contributed by atoms with van der Waals surface area (Å²) in [5.74, 6) is -0.794. The van der Waals surface area contributed by atoms with Crippen LogP contribution in [-0.4, -0.2) is 11.8 Å². The molecule has 1 aliphatic heterocycles. The van der Waals surface area contributed by atoms with Crippen LogP contribution in [0.2, 0.25) is 0 Å². The van der Waals surface area contributed by atoms with Crippen LogP contribution >= 0.6 is 28.3 Å². The molecule has 1 aliphatic rings. The van der Waals surface area contributed by atoms with E-state index in [0.29, 0.717) is 23.4 Å². The van der Waals surface area contributed by atoms with Crippen molar-refractivity contribution >= 4 is 45.8 Å². The Bertz CT molecular complexity index is 808. The fraction of sp³-hybridized carbons (Fsp3) is 0.125. The molecule has 0 bridgehead atoms. The second-order valence-electron chi connectivity index (χ2n) is 5.05. The monoisotopic (exact) mass is 408 g/mol. The van der Waals surface area contributed by atoms with E-state index >= 15 is 0 Å². The first kappa shape index (κ1) is 18.3. The predicted octanol–water partition coefficient (Wildman–Crippen LogP) is 3.62. The molecule has 2 amide bonds. The number of anilines is 1. The number of azo groups is 1. The second kappa shape index (κ2) is 7.65. The first-order chi connectivity index (χ1) is 11.1. The molecule has 0 saturated heterocycles. The van der Waals surface area contributed by atoms with Crippen LogP contribution in [0, 0.1) is 0 Å². The van der Waals surface area contributed by atoms with Gasteiger partial charge in [-0.3, -0.25) is 9.59 Å². The molecule has 0 aliphatic carbocycles. The van der Waals surface area contributed by atoms with Crippen LogP contribution in [0.1, 0.15) is 27.5 Å². The molecule has 3 N–H and O–H groups in total. The minimum absolute atomic E-state index is 0. The van der Waals surface area contributed by atoms with E-state index in [4.69, 9.17) is 5.73 Å². The van der Waals surface area contributed by atoms with Gasteiger partial charge in [-0.05, 0) is 35.9 Å². The lowest BCUT2D eigenvalue weighted by Crippen LogP contribution is -2.10. The first-order valence-electron chi connectivity index (χ1n) is 6.93. The van der Waals surface area contributed by atoms with E-state index in [-0.39, 0.29) is 18.3 Å². The Balaban J connectivity index is 0.00000208. The minimum atomic E-state index is -0.810. The summed E-state index contributed by atoms with van der Waals surface area (Å²) in [7, 11) is 0. The van der Waals surface area contributed by atoms with Crippen LogP contribution in [0.15, 0.2) is 57.2 Å². The summed E-state index contributed by atoms with van der Waals surface area (Å²) in [5, 5.41) is 10.3. The highest BCUT2D eigenvalue weighted by atomic mass is 79.9. The van der Waals surface area contributed by atoms with E-state index < -0.39 is 11.9 Å². The fourth-order valence-corrected chi connectivity index (χ4v) is 2.66. The zero-order valence-electron chi connectivity index (χ0n) is 12.4. The molecule has 1 heterocycles. The fourth-order valence-electron chi connectivity index (χ4n) is 2.28. The molecule has 0 aromatic heterocycles. The zero-order chi connectivity index (χ0) is 16.4.